The molecule has 1 fully saturated rings. The number of aliphatic carboxylic acids is 1. The molecule has 0 aromatic heterocycles. The summed E-state index contributed by atoms with van der Waals surface area (Å²) in [5, 5.41) is 22.0. The van der Waals surface area contributed by atoms with Gasteiger partial charge < -0.3 is 15.5 Å². The molecule has 1 saturated carbocycles. The Morgan fingerprint density at radius 1 is 1.42 bits per heavy atom. The molecule has 4 nitrogen and oxygen atoms in total. The molecule has 2 rings (SSSR count). The summed E-state index contributed by atoms with van der Waals surface area (Å²) in [5.74, 6) is -0.641. The van der Waals surface area contributed by atoms with Crippen LogP contribution in [0.4, 0.5) is 0 Å². The van der Waals surface area contributed by atoms with E-state index >= 15 is 0 Å². The lowest BCUT2D eigenvalue weighted by molar-refractivity contribution is -0.143. The highest BCUT2D eigenvalue weighted by molar-refractivity contribution is 5.70. The summed E-state index contributed by atoms with van der Waals surface area (Å²) in [5.41, 5.74) is 1.03. The van der Waals surface area contributed by atoms with Crippen LogP contribution in [0.3, 0.4) is 0 Å². The van der Waals surface area contributed by atoms with Gasteiger partial charge in [-0.2, -0.15) is 0 Å². The molecule has 1 aliphatic carbocycles. The molecule has 0 heterocycles. The van der Waals surface area contributed by atoms with Gasteiger partial charge in [0.1, 0.15) is 5.75 Å². The van der Waals surface area contributed by atoms with E-state index in [1.54, 1.807) is 12.1 Å². The van der Waals surface area contributed by atoms with Crippen LogP contribution in [0.2, 0.25) is 0 Å². The molecule has 1 aliphatic rings. The minimum absolute atomic E-state index is 0.115. The van der Waals surface area contributed by atoms with Gasteiger partial charge in [0.15, 0.2) is 0 Å². The van der Waals surface area contributed by atoms with Gasteiger partial charge in [0.2, 0.25) is 0 Å². The molecule has 0 saturated heterocycles. The Hall–Kier alpha value is -1.55. The average Bonchev–Trinajstić information content (AvgIpc) is 2.39. The third-order valence-electron chi connectivity index (χ3n) is 3.88. The Kier molecular flexibility index (Phi) is 4.43. The lowest BCUT2D eigenvalue weighted by Crippen LogP contribution is -2.37. The summed E-state index contributed by atoms with van der Waals surface area (Å²) in [6.07, 6.45) is 3.46. The summed E-state index contributed by atoms with van der Waals surface area (Å²) in [6.45, 7) is 2.04. The number of phenolic OH excluding ortho intramolecular Hbond substituents is 1. The zero-order chi connectivity index (χ0) is 13.8. The number of hydrogen-bond acceptors (Lipinski definition) is 3. The Bertz CT molecular complexity index is 447. The number of aromatic hydroxyl groups is 1. The molecule has 3 unspecified atom stereocenters. The summed E-state index contributed by atoms with van der Waals surface area (Å²) in [6, 6.07) is 7.54. The zero-order valence-electron chi connectivity index (χ0n) is 11.2. The van der Waals surface area contributed by atoms with E-state index in [1.165, 1.54) is 0 Å². The van der Waals surface area contributed by atoms with E-state index in [-0.39, 0.29) is 23.8 Å². The smallest absolute Gasteiger partial charge is 0.306 e. The molecule has 0 amide bonds. The number of carboxylic acids is 1. The van der Waals surface area contributed by atoms with Crippen LogP contribution in [-0.4, -0.2) is 22.2 Å². The van der Waals surface area contributed by atoms with E-state index in [1.807, 2.05) is 19.1 Å². The normalized spacial score (nSPS) is 24.9. The maximum atomic E-state index is 11.0. The van der Waals surface area contributed by atoms with Crippen molar-refractivity contribution in [1.82, 2.24) is 5.32 Å². The van der Waals surface area contributed by atoms with Crippen molar-refractivity contribution in [1.29, 1.82) is 0 Å². The molecule has 0 radical (unpaired) electrons. The number of carboxylic acid groups (broad SMARTS) is 1. The van der Waals surface area contributed by atoms with E-state index in [4.69, 9.17) is 5.11 Å². The predicted molar refractivity (Wildman–Crippen MR) is 73.0 cm³/mol. The summed E-state index contributed by atoms with van der Waals surface area (Å²) in [4.78, 5) is 11.0. The fourth-order valence-electron chi connectivity index (χ4n) is 2.81. The van der Waals surface area contributed by atoms with Crippen molar-refractivity contribution in [3.63, 3.8) is 0 Å². The Morgan fingerprint density at radius 2 is 2.21 bits per heavy atom. The molecule has 1 aromatic carbocycles. The highest BCUT2D eigenvalue weighted by Crippen LogP contribution is 2.27. The number of phenols is 1. The lowest BCUT2D eigenvalue weighted by Gasteiger charge is -2.30. The topological polar surface area (TPSA) is 69.6 Å². The molecule has 3 N–H and O–H groups in total. The largest absolute Gasteiger partial charge is 0.508 e. The van der Waals surface area contributed by atoms with E-state index in [9.17, 15) is 9.90 Å². The number of carbonyl (C=O) groups is 1. The van der Waals surface area contributed by atoms with Gasteiger partial charge in [-0.15, -0.1) is 0 Å². The predicted octanol–water partition coefficient (Wildman–Crippen LogP) is 2.69. The third-order valence-corrected chi connectivity index (χ3v) is 3.88. The van der Waals surface area contributed by atoms with Gasteiger partial charge in [0, 0.05) is 12.1 Å². The Labute approximate surface area is 113 Å². The maximum Gasteiger partial charge on any atom is 0.306 e. The van der Waals surface area contributed by atoms with Crippen molar-refractivity contribution < 1.29 is 15.0 Å². The van der Waals surface area contributed by atoms with Crippen molar-refractivity contribution in [2.24, 2.45) is 5.92 Å². The average molecular weight is 263 g/mol. The van der Waals surface area contributed by atoms with E-state index in [2.05, 4.69) is 5.32 Å². The molecule has 0 bridgehead atoms. The van der Waals surface area contributed by atoms with Crippen molar-refractivity contribution in [3.8, 4) is 5.75 Å². The minimum atomic E-state index is -0.684. The minimum Gasteiger partial charge on any atom is -0.508 e. The first-order chi connectivity index (χ1) is 9.06. The van der Waals surface area contributed by atoms with Gasteiger partial charge in [-0.1, -0.05) is 18.6 Å². The fourth-order valence-corrected chi connectivity index (χ4v) is 2.81. The van der Waals surface area contributed by atoms with Crippen LogP contribution < -0.4 is 5.32 Å². The second-order valence-electron chi connectivity index (χ2n) is 5.38. The molecule has 0 aliphatic heterocycles. The number of rotatable bonds is 4. The van der Waals surface area contributed by atoms with Gasteiger partial charge >= 0.3 is 5.97 Å². The van der Waals surface area contributed by atoms with Crippen molar-refractivity contribution in [2.45, 2.75) is 44.7 Å². The Morgan fingerprint density at radius 3 is 2.89 bits per heavy atom. The summed E-state index contributed by atoms with van der Waals surface area (Å²) >= 11 is 0. The van der Waals surface area contributed by atoms with Gasteiger partial charge in [0.25, 0.3) is 0 Å². The van der Waals surface area contributed by atoms with Crippen LogP contribution in [0.25, 0.3) is 0 Å². The van der Waals surface area contributed by atoms with Gasteiger partial charge in [-0.25, -0.2) is 0 Å². The SMILES string of the molecule is CC(NC1CCCC(C(=O)O)C1)c1cccc(O)c1. The molecule has 104 valence electrons. The molecule has 3 atom stereocenters. The molecule has 1 aromatic rings. The zero-order valence-corrected chi connectivity index (χ0v) is 11.2. The lowest BCUT2D eigenvalue weighted by atomic mass is 9.85. The number of hydrogen-bond donors (Lipinski definition) is 3. The summed E-state index contributed by atoms with van der Waals surface area (Å²) < 4.78 is 0. The summed E-state index contributed by atoms with van der Waals surface area (Å²) in [7, 11) is 0. The number of benzene rings is 1. The van der Waals surface area contributed by atoms with Crippen LogP contribution in [0, 0.1) is 5.92 Å². The molecule has 19 heavy (non-hydrogen) atoms. The number of nitrogens with one attached hydrogen (secondary N) is 1. The first-order valence-electron chi connectivity index (χ1n) is 6.84. The standard InChI is InChI=1S/C15H21NO3/c1-10(11-4-3-7-14(17)9-11)16-13-6-2-5-12(8-13)15(18)19/h3-4,7,9-10,12-13,16-17H,2,5-6,8H2,1H3,(H,18,19). The third kappa shape index (κ3) is 3.70. The quantitative estimate of drug-likeness (QED) is 0.781. The van der Waals surface area contributed by atoms with Crippen LogP contribution in [0.15, 0.2) is 24.3 Å². The molecular formula is C15H21NO3. The van der Waals surface area contributed by atoms with E-state index < -0.39 is 5.97 Å². The Balaban J connectivity index is 1.95. The highest BCUT2D eigenvalue weighted by atomic mass is 16.4. The first-order valence-corrected chi connectivity index (χ1v) is 6.84. The van der Waals surface area contributed by atoms with Gasteiger partial charge in [-0.05, 0) is 43.9 Å². The van der Waals surface area contributed by atoms with Crippen molar-refractivity contribution in [3.05, 3.63) is 29.8 Å². The fraction of sp³-hybridized carbons (Fsp3) is 0.533. The molecular weight excluding hydrogens is 242 g/mol. The van der Waals surface area contributed by atoms with Crippen LogP contribution in [0.1, 0.15) is 44.2 Å². The molecule has 0 spiro atoms. The molecule has 4 heteroatoms. The van der Waals surface area contributed by atoms with Crippen molar-refractivity contribution in [2.75, 3.05) is 0 Å². The van der Waals surface area contributed by atoms with Gasteiger partial charge in [0.05, 0.1) is 5.92 Å². The van der Waals surface area contributed by atoms with Crippen LogP contribution in [-0.2, 0) is 4.79 Å². The monoisotopic (exact) mass is 263 g/mol. The highest BCUT2D eigenvalue weighted by Gasteiger charge is 2.27. The first kappa shape index (κ1) is 13.9. The van der Waals surface area contributed by atoms with Crippen molar-refractivity contribution >= 4 is 5.97 Å². The van der Waals surface area contributed by atoms with Crippen LogP contribution >= 0.6 is 0 Å². The van der Waals surface area contributed by atoms with Gasteiger partial charge in [-0.3, -0.25) is 4.79 Å². The van der Waals surface area contributed by atoms with E-state index in [0.717, 1.165) is 24.8 Å². The van der Waals surface area contributed by atoms with Crippen LogP contribution in [0.5, 0.6) is 5.75 Å². The second-order valence-corrected chi connectivity index (χ2v) is 5.38. The maximum absolute atomic E-state index is 11.0. The van der Waals surface area contributed by atoms with E-state index in [0.29, 0.717) is 6.42 Å². The second kappa shape index (κ2) is 6.06.